The molecule has 1 fully saturated rings. The molecule has 3 atom stereocenters. The molecule has 0 radical (unpaired) electrons. The lowest BCUT2D eigenvalue weighted by Gasteiger charge is -2.21. The smallest absolute Gasteiger partial charge is 0.233 e. The summed E-state index contributed by atoms with van der Waals surface area (Å²) in [6.07, 6.45) is 1.60. The average molecular weight is 197 g/mol. The molecule has 1 aliphatic heterocycles. The first-order valence-electron chi connectivity index (χ1n) is 5.41. The predicted octanol–water partition coefficient (Wildman–Crippen LogP) is 1.82. The van der Waals surface area contributed by atoms with E-state index in [1.54, 1.807) is 0 Å². The highest BCUT2D eigenvalue weighted by atomic mass is 16.2. The highest BCUT2D eigenvalue weighted by Gasteiger charge is 2.45. The molecule has 0 spiro atoms. The zero-order chi connectivity index (χ0) is 10.9. The van der Waals surface area contributed by atoms with E-state index < -0.39 is 0 Å². The second-order valence-corrected chi connectivity index (χ2v) is 4.11. The lowest BCUT2D eigenvalue weighted by Crippen LogP contribution is -2.38. The Bertz CT molecular complexity index is 250. The van der Waals surface area contributed by atoms with E-state index in [9.17, 15) is 9.59 Å². The topological polar surface area (TPSA) is 37.4 Å². The lowest BCUT2D eigenvalue weighted by molar-refractivity contribution is -0.142. The third kappa shape index (κ3) is 1.56. The molecule has 0 aliphatic carbocycles. The Morgan fingerprint density at radius 1 is 1.29 bits per heavy atom. The van der Waals surface area contributed by atoms with E-state index in [2.05, 4.69) is 0 Å². The second kappa shape index (κ2) is 4.11. The Balaban J connectivity index is 2.89. The molecule has 80 valence electrons. The normalized spacial score (nSPS) is 29.9. The minimum Gasteiger partial charge on any atom is -0.279 e. The summed E-state index contributed by atoms with van der Waals surface area (Å²) in [6, 6.07) is 0.0500. The van der Waals surface area contributed by atoms with Crippen molar-refractivity contribution >= 4 is 11.8 Å². The maximum Gasteiger partial charge on any atom is 0.233 e. The summed E-state index contributed by atoms with van der Waals surface area (Å²) in [5, 5.41) is 0. The summed E-state index contributed by atoms with van der Waals surface area (Å²) in [6.45, 7) is 7.75. The Hall–Kier alpha value is -0.860. The maximum atomic E-state index is 11.9. The van der Waals surface area contributed by atoms with Gasteiger partial charge >= 0.3 is 0 Å². The van der Waals surface area contributed by atoms with Crippen molar-refractivity contribution in [3.63, 3.8) is 0 Å². The van der Waals surface area contributed by atoms with Crippen molar-refractivity contribution in [1.82, 2.24) is 4.90 Å². The third-order valence-corrected chi connectivity index (χ3v) is 3.26. The van der Waals surface area contributed by atoms with Crippen LogP contribution in [0, 0.1) is 11.8 Å². The van der Waals surface area contributed by atoms with E-state index in [0.29, 0.717) is 0 Å². The quantitative estimate of drug-likeness (QED) is 0.647. The number of carbonyl (C=O) groups excluding carboxylic acids is 2. The Morgan fingerprint density at radius 3 is 2.21 bits per heavy atom. The van der Waals surface area contributed by atoms with Crippen molar-refractivity contribution in [3.8, 4) is 0 Å². The van der Waals surface area contributed by atoms with Crippen molar-refractivity contribution in [1.29, 1.82) is 0 Å². The van der Waals surface area contributed by atoms with Crippen molar-refractivity contribution in [2.75, 3.05) is 0 Å². The summed E-state index contributed by atoms with van der Waals surface area (Å²) in [5.41, 5.74) is 0. The molecule has 0 N–H and O–H groups in total. The van der Waals surface area contributed by atoms with Crippen LogP contribution >= 0.6 is 0 Å². The van der Waals surface area contributed by atoms with E-state index in [1.807, 2.05) is 27.7 Å². The van der Waals surface area contributed by atoms with Gasteiger partial charge in [0.25, 0.3) is 0 Å². The molecule has 0 aromatic heterocycles. The van der Waals surface area contributed by atoms with Crippen LogP contribution in [0.3, 0.4) is 0 Å². The summed E-state index contributed by atoms with van der Waals surface area (Å²) in [5.74, 6) is -0.173. The van der Waals surface area contributed by atoms with Gasteiger partial charge in [0, 0.05) is 17.9 Å². The summed E-state index contributed by atoms with van der Waals surface area (Å²) in [4.78, 5) is 25.1. The minimum atomic E-state index is -0.124. The first-order valence-corrected chi connectivity index (χ1v) is 5.41. The number of hydrogen-bond acceptors (Lipinski definition) is 2. The number of rotatable bonds is 3. The fourth-order valence-electron chi connectivity index (χ4n) is 2.04. The fraction of sp³-hybridized carbons (Fsp3) is 0.818. The molecule has 2 amide bonds. The molecule has 3 unspecified atom stereocenters. The van der Waals surface area contributed by atoms with Gasteiger partial charge in [-0.1, -0.05) is 20.8 Å². The van der Waals surface area contributed by atoms with E-state index in [-0.39, 0.29) is 29.7 Å². The molecular formula is C11H19NO2. The molecule has 0 bridgehead atoms. The van der Waals surface area contributed by atoms with Crippen molar-refractivity contribution in [2.45, 2.75) is 46.6 Å². The standard InChI is InChI=1S/C11H19NO2/c1-5-7(3)12-10(13)8(4)9(6-2)11(12)14/h7-9H,5-6H2,1-4H3. The number of nitrogens with zero attached hydrogens (tertiary/aromatic N) is 1. The van der Waals surface area contributed by atoms with Crippen molar-refractivity contribution in [3.05, 3.63) is 0 Å². The minimum absolute atomic E-state index is 0.0104. The Morgan fingerprint density at radius 2 is 1.86 bits per heavy atom. The van der Waals surface area contributed by atoms with Gasteiger partial charge in [-0.25, -0.2) is 0 Å². The monoisotopic (exact) mass is 197 g/mol. The average Bonchev–Trinajstić information content (AvgIpc) is 2.38. The van der Waals surface area contributed by atoms with Gasteiger partial charge in [0.2, 0.25) is 11.8 Å². The first kappa shape index (κ1) is 11.2. The highest BCUT2D eigenvalue weighted by molar-refractivity contribution is 6.05. The molecule has 0 saturated carbocycles. The van der Waals surface area contributed by atoms with Crippen LogP contribution in [0.2, 0.25) is 0 Å². The van der Waals surface area contributed by atoms with Gasteiger partial charge in [-0.15, -0.1) is 0 Å². The molecule has 3 heteroatoms. The van der Waals surface area contributed by atoms with Gasteiger partial charge in [-0.05, 0) is 19.8 Å². The van der Waals surface area contributed by atoms with Crippen LogP contribution in [0.1, 0.15) is 40.5 Å². The summed E-state index contributed by atoms with van der Waals surface area (Å²) < 4.78 is 0. The second-order valence-electron chi connectivity index (χ2n) is 4.11. The van der Waals surface area contributed by atoms with Crippen LogP contribution in [0.5, 0.6) is 0 Å². The van der Waals surface area contributed by atoms with Gasteiger partial charge in [-0.3, -0.25) is 14.5 Å². The predicted molar refractivity (Wildman–Crippen MR) is 54.6 cm³/mol. The highest BCUT2D eigenvalue weighted by Crippen LogP contribution is 2.30. The van der Waals surface area contributed by atoms with Crippen molar-refractivity contribution in [2.24, 2.45) is 11.8 Å². The molecule has 14 heavy (non-hydrogen) atoms. The summed E-state index contributed by atoms with van der Waals surface area (Å²) >= 11 is 0. The molecule has 0 aromatic rings. The Kier molecular flexibility index (Phi) is 3.29. The van der Waals surface area contributed by atoms with Gasteiger partial charge in [0.05, 0.1) is 0 Å². The number of carbonyl (C=O) groups is 2. The van der Waals surface area contributed by atoms with Crippen molar-refractivity contribution < 1.29 is 9.59 Å². The van der Waals surface area contributed by atoms with Crippen LogP contribution in [0.25, 0.3) is 0 Å². The van der Waals surface area contributed by atoms with Crippen LogP contribution in [0.4, 0.5) is 0 Å². The van der Waals surface area contributed by atoms with E-state index >= 15 is 0 Å². The molecule has 1 heterocycles. The van der Waals surface area contributed by atoms with Crippen LogP contribution in [-0.2, 0) is 9.59 Å². The Labute approximate surface area is 85.5 Å². The van der Waals surface area contributed by atoms with E-state index in [1.165, 1.54) is 4.90 Å². The number of hydrogen-bond donors (Lipinski definition) is 0. The zero-order valence-electron chi connectivity index (χ0n) is 9.41. The molecule has 1 saturated heterocycles. The van der Waals surface area contributed by atoms with Gasteiger partial charge in [-0.2, -0.15) is 0 Å². The molecule has 0 aromatic carbocycles. The van der Waals surface area contributed by atoms with Crippen LogP contribution < -0.4 is 0 Å². The summed E-state index contributed by atoms with van der Waals surface area (Å²) in [7, 11) is 0. The van der Waals surface area contributed by atoms with Gasteiger partial charge in [0.1, 0.15) is 0 Å². The fourth-order valence-corrected chi connectivity index (χ4v) is 2.04. The lowest BCUT2D eigenvalue weighted by atomic mass is 9.95. The zero-order valence-corrected chi connectivity index (χ0v) is 9.41. The van der Waals surface area contributed by atoms with Crippen LogP contribution in [0.15, 0.2) is 0 Å². The van der Waals surface area contributed by atoms with E-state index in [0.717, 1.165) is 12.8 Å². The number of amides is 2. The van der Waals surface area contributed by atoms with Gasteiger partial charge < -0.3 is 0 Å². The third-order valence-electron chi connectivity index (χ3n) is 3.26. The molecule has 1 aliphatic rings. The van der Waals surface area contributed by atoms with Gasteiger partial charge in [0.15, 0.2) is 0 Å². The molecule has 3 nitrogen and oxygen atoms in total. The van der Waals surface area contributed by atoms with Crippen LogP contribution in [-0.4, -0.2) is 22.8 Å². The van der Waals surface area contributed by atoms with E-state index in [4.69, 9.17) is 0 Å². The molecule has 1 rings (SSSR count). The SMILES string of the molecule is CCC1C(=O)N(C(C)CC)C(=O)C1C. The number of imide groups is 1. The first-order chi connectivity index (χ1) is 6.54. The number of likely N-dealkylation sites (tertiary alicyclic amines) is 1. The molecular weight excluding hydrogens is 178 g/mol. The maximum absolute atomic E-state index is 11.9. The largest absolute Gasteiger partial charge is 0.279 e.